The predicted octanol–water partition coefficient (Wildman–Crippen LogP) is 0.141. The Kier molecular flexibility index (Phi) is 6.87. The van der Waals surface area contributed by atoms with E-state index in [-0.39, 0.29) is 53.3 Å². The van der Waals surface area contributed by atoms with Gasteiger partial charge in [-0.1, -0.05) is 6.07 Å². The number of H-pyrrole nitrogens is 1. The van der Waals surface area contributed by atoms with Crippen molar-refractivity contribution in [1.82, 2.24) is 25.6 Å². The highest BCUT2D eigenvalue weighted by molar-refractivity contribution is 6.08. The number of aromatic nitrogens is 3. The quantitative estimate of drug-likeness (QED) is 0.293. The van der Waals surface area contributed by atoms with Crippen LogP contribution in [0.4, 0.5) is 5.69 Å². The summed E-state index contributed by atoms with van der Waals surface area (Å²) >= 11 is 0. The number of carbonyl (C=O) groups excluding carboxylic acids is 3. The van der Waals surface area contributed by atoms with E-state index in [2.05, 4.69) is 30.9 Å². The molecule has 5 rings (SSSR count). The Morgan fingerprint density at radius 1 is 1.26 bits per heavy atom. The molecule has 0 aliphatic carbocycles. The molecule has 182 valence electrons. The van der Waals surface area contributed by atoms with E-state index in [1.807, 2.05) is 0 Å². The summed E-state index contributed by atoms with van der Waals surface area (Å²) in [4.78, 5) is 56.0. The first-order valence-corrected chi connectivity index (χ1v) is 10.8. The third-order valence-electron chi connectivity index (χ3n) is 5.44. The van der Waals surface area contributed by atoms with E-state index in [4.69, 9.17) is 15.6 Å². The first-order chi connectivity index (χ1) is 16.8. The molecule has 2 aromatic heterocycles. The zero-order valence-electron chi connectivity index (χ0n) is 18.5. The van der Waals surface area contributed by atoms with Crippen LogP contribution in [0, 0.1) is 0 Å². The van der Waals surface area contributed by atoms with E-state index in [0.717, 1.165) is 31.3 Å². The SMILES string of the molecule is NC(=O)[C@H]1CCCN1.O=C1COc2ccc(CNC(=O)c3ncnc4c(C(=O)O)c[nH]c34)cc2N1. The van der Waals surface area contributed by atoms with Crippen LogP contribution in [0.1, 0.15) is 39.3 Å². The van der Waals surface area contributed by atoms with Gasteiger partial charge in [-0.3, -0.25) is 14.4 Å². The van der Waals surface area contributed by atoms with Crippen molar-refractivity contribution in [2.24, 2.45) is 5.73 Å². The minimum absolute atomic E-state index is 0.0265. The number of primary amides is 1. The van der Waals surface area contributed by atoms with E-state index in [0.29, 0.717) is 11.4 Å². The fourth-order valence-electron chi connectivity index (χ4n) is 3.71. The lowest BCUT2D eigenvalue weighted by Gasteiger charge is -2.18. The fraction of sp³-hybridized carbons (Fsp3) is 0.273. The Labute approximate surface area is 198 Å². The molecule has 13 nitrogen and oxygen atoms in total. The molecule has 0 radical (unpaired) electrons. The second kappa shape index (κ2) is 10.2. The van der Waals surface area contributed by atoms with E-state index < -0.39 is 11.9 Å². The molecule has 3 aromatic rings. The van der Waals surface area contributed by atoms with Gasteiger partial charge in [-0.2, -0.15) is 0 Å². The number of hydrogen-bond acceptors (Lipinski definition) is 8. The van der Waals surface area contributed by atoms with Gasteiger partial charge in [0.05, 0.1) is 17.2 Å². The Balaban J connectivity index is 0.000000308. The topological polar surface area (TPSA) is 201 Å². The molecule has 7 N–H and O–H groups in total. The normalized spacial score (nSPS) is 16.3. The maximum absolute atomic E-state index is 12.5. The molecule has 3 amide bonds. The van der Waals surface area contributed by atoms with Crippen molar-refractivity contribution >= 4 is 40.4 Å². The van der Waals surface area contributed by atoms with Gasteiger partial charge in [-0.25, -0.2) is 14.8 Å². The number of carboxylic acid groups (broad SMARTS) is 1. The van der Waals surface area contributed by atoms with E-state index in [1.165, 1.54) is 6.20 Å². The summed E-state index contributed by atoms with van der Waals surface area (Å²) in [7, 11) is 0. The highest BCUT2D eigenvalue weighted by Crippen LogP contribution is 2.28. The molecule has 0 bridgehead atoms. The van der Waals surface area contributed by atoms with Crippen molar-refractivity contribution in [2.45, 2.75) is 25.4 Å². The lowest BCUT2D eigenvalue weighted by atomic mass is 10.1. The highest BCUT2D eigenvalue weighted by atomic mass is 16.5. The first kappa shape index (κ1) is 23.6. The van der Waals surface area contributed by atoms with Gasteiger partial charge in [-0.05, 0) is 37.1 Å². The average Bonchev–Trinajstić information content (AvgIpc) is 3.53. The van der Waals surface area contributed by atoms with Crippen LogP contribution in [-0.2, 0) is 16.1 Å². The molecule has 35 heavy (non-hydrogen) atoms. The van der Waals surface area contributed by atoms with Gasteiger partial charge >= 0.3 is 5.97 Å². The van der Waals surface area contributed by atoms with Crippen LogP contribution in [0.5, 0.6) is 5.75 Å². The fourth-order valence-corrected chi connectivity index (χ4v) is 3.71. The van der Waals surface area contributed by atoms with Crippen molar-refractivity contribution in [3.63, 3.8) is 0 Å². The summed E-state index contributed by atoms with van der Waals surface area (Å²) in [6.45, 7) is 1.09. The highest BCUT2D eigenvalue weighted by Gasteiger charge is 2.20. The molecular weight excluding hydrogens is 458 g/mol. The van der Waals surface area contributed by atoms with Crippen LogP contribution in [0.15, 0.2) is 30.7 Å². The summed E-state index contributed by atoms with van der Waals surface area (Å²) in [5.41, 5.74) is 6.70. The summed E-state index contributed by atoms with van der Waals surface area (Å²) in [6.07, 6.45) is 4.40. The van der Waals surface area contributed by atoms with Crippen molar-refractivity contribution < 1.29 is 29.0 Å². The molecule has 0 saturated carbocycles. The minimum Gasteiger partial charge on any atom is -0.482 e. The second-order valence-corrected chi connectivity index (χ2v) is 7.85. The molecule has 0 spiro atoms. The van der Waals surface area contributed by atoms with Crippen molar-refractivity contribution in [1.29, 1.82) is 0 Å². The largest absolute Gasteiger partial charge is 0.482 e. The van der Waals surface area contributed by atoms with Gasteiger partial charge in [-0.15, -0.1) is 0 Å². The second-order valence-electron chi connectivity index (χ2n) is 7.85. The van der Waals surface area contributed by atoms with Gasteiger partial charge in [0, 0.05) is 12.7 Å². The number of hydrogen-bond donors (Lipinski definition) is 6. The number of aromatic amines is 1. The zero-order chi connectivity index (χ0) is 24.9. The number of anilines is 1. The van der Waals surface area contributed by atoms with Crippen LogP contribution in [-0.4, -0.2) is 62.9 Å². The summed E-state index contributed by atoms with van der Waals surface area (Å²) in [5, 5.41) is 17.5. The lowest BCUT2D eigenvalue weighted by molar-refractivity contribution is -0.120. The minimum atomic E-state index is -1.15. The van der Waals surface area contributed by atoms with Crippen LogP contribution in [0.3, 0.4) is 0 Å². The Bertz CT molecular complexity index is 1300. The molecule has 1 fully saturated rings. The van der Waals surface area contributed by atoms with Crippen molar-refractivity contribution in [3.05, 3.63) is 47.5 Å². The van der Waals surface area contributed by atoms with Crippen molar-refractivity contribution in [3.8, 4) is 5.75 Å². The monoisotopic (exact) mass is 481 g/mol. The number of amides is 3. The Morgan fingerprint density at radius 2 is 2.09 bits per heavy atom. The van der Waals surface area contributed by atoms with Crippen LogP contribution >= 0.6 is 0 Å². The van der Waals surface area contributed by atoms with E-state index >= 15 is 0 Å². The Hall–Kier alpha value is -4.52. The number of carbonyl (C=O) groups is 4. The van der Waals surface area contributed by atoms with Gasteiger partial charge < -0.3 is 36.5 Å². The van der Waals surface area contributed by atoms with Gasteiger partial charge in [0.15, 0.2) is 12.3 Å². The summed E-state index contributed by atoms with van der Waals surface area (Å²) in [6, 6.07) is 5.14. The zero-order valence-corrected chi connectivity index (χ0v) is 18.5. The molecule has 2 aliphatic rings. The number of ether oxygens (including phenoxy) is 1. The number of aromatic carboxylic acids is 1. The standard InChI is InChI=1S/C17H13N5O5.C5H10N2O/c23-12-6-27-11-2-1-8(3-10(11)22-12)4-19-16(24)15-14-13(20-7-21-15)9(5-18-14)17(25)26;6-5(8)4-2-1-3-7-4/h1-3,5,7,18H,4,6H2,(H,19,24)(H,22,23)(H,25,26);4,7H,1-3H2,(H2,6,8)/t;4-/m.1/s1. The Morgan fingerprint density at radius 3 is 2.77 bits per heavy atom. The predicted molar refractivity (Wildman–Crippen MR) is 123 cm³/mol. The molecule has 2 aliphatic heterocycles. The smallest absolute Gasteiger partial charge is 0.339 e. The van der Waals surface area contributed by atoms with Crippen LogP contribution in [0.25, 0.3) is 11.0 Å². The van der Waals surface area contributed by atoms with Crippen LogP contribution in [0.2, 0.25) is 0 Å². The van der Waals surface area contributed by atoms with Gasteiger partial charge in [0.25, 0.3) is 11.8 Å². The molecule has 0 unspecified atom stereocenters. The van der Waals surface area contributed by atoms with E-state index in [9.17, 15) is 19.2 Å². The lowest BCUT2D eigenvalue weighted by Crippen LogP contribution is -2.36. The summed E-state index contributed by atoms with van der Waals surface area (Å²) in [5.74, 6) is -1.53. The maximum atomic E-state index is 12.5. The number of benzene rings is 1. The van der Waals surface area contributed by atoms with Gasteiger partial charge in [0.1, 0.15) is 23.2 Å². The summed E-state index contributed by atoms with van der Waals surface area (Å²) < 4.78 is 5.29. The molecule has 1 saturated heterocycles. The number of carboxylic acids is 1. The first-order valence-electron chi connectivity index (χ1n) is 10.8. The molecule has 1 atom stereocenters. The van der Waals surface area contributed by atoms with Crippen molar-refractivity contribution in [2.75, 3.05) is 18.5 Å². The third-order valence-corrected chi connectivity index (χ3v) is 5.44. The molecule has 13 heteroatoms. The number of rotatable bonds is 5. The van der Waals surface area contributed by atoms with E-state index in [1.54, 1.807) is 18.2 Å². The van der Waals surface area contributed by atoms with Gasteiger partial charge in [0.2, 0.25) is 5.91 Å². The molecule has 4 heterocycles. The average molecular weight is 481 g/mol. The maximum Gasteiger partial charge on any atom is 0.339 e. The number of nitrogens with zero attached hydrogens (tertiary/aromatic N) is 2. The number of fused-ring (bicyclic) bond motifs is 2. The number of nitrogens with one attached hydrogen (secondary N) is 4. The van der Waals surface area contributed by atoms with Crippen LogP contribution < -0.4 is 26.4 Å². The molecular formula is C22H23N7O6. The third kappa shape index (κ3) is 5.35. The number of nitrogens with two attached hydrogens (primary N) is 1. The molecule has 1 aromatic carbocycles.